The summed E-state index contributed by atoms with van der Waals surface area (Å²) >= 11 is 0. The van der Waals surface area contributed by atoms with Crippen molar-refractivity contribution >= 4 is 0 Å². The van der Waals surface area contributed by atoms with Gasteiger partial charge in [0, 0.05) is 23.5 Å². The number of aliphatic hydroxyl groups is 1. The van der Waals surface area contributed by atoms with Gasteiger partial charge in [-0.15, -0.1) is 0 Å². The Labute approximate surface area is 72.2 Å². The zero-order chi connectivity index (χ0) is 9.19. The van der Waals surface area contributed by atoms with Crippen molar-refractivity contribution in [2.75, 3.05) is 0 Å². The van der Waals surface area contributed by atoms with Crippen LogP contribution in [0, 0.1) is 0 Å². The van der Waals surface area contributed by atoms with E-state index >= 15 is 0 Å². The minimum atomic E-state index is -0.661. The lowest BCUT2D eigenvalue weighted by molar-refractivity contribution is 0.104. The molecule has 0 bridgehead atoms. The van der Waals surface area contributed by atoms with E-state index in [9.17, 15) is 5.11 Å². The highest BCUT2D eigenvalue weighted by Gasteiger charge is 2.23. The molecule has 0 aliphatic carbocycles. The number of aromatic nitrogens is 1. The first kappa shape index (κ1) is 9.16. The van der Waals surface area contributed by atoms with Crippen LogP contribution < -0.4 is 5.73 Å². The molecular weight excluding hydrogens is 152 g/mol. The van der Waals surface area contributed by atoms with Crippen LogP contribution in [-0.2, 0) is 0 Å². The van der Waals surface area contributed by atoms with Gasteiger partial charge in [0.2, 0.25) is 0 Å². The molecule has 0 fully saturated rings. The normalized spacial score (nSPS) is 14.3. The molecule has 0 aliphatic rings. The van der Waals surface area contributed by atoms with Gasteiger partial charge in [0.25, 0.3) is 0 Å². The summed E-state index contributed by atoms with van der Waals surface area (Å²) < 4.78 is 0. The van der Waals surface area contributed by atoms with Crippen LogP contribution in [0.3, 0.4) is 0 Å². The van der Waals surface area contributed by atoms with E-state index in [-0.39, 0.29) is 0 Å². The zero-order valence-corrected chi connectivity index (χ0v) is 7.36. The van der Waals surface area contributed by atoms with Crippen molar-refractivity contribution in [3.63, 3.8) is 0 Å². The summed E-state index contributed by atoms with van der Waals surface area (Å²) in [6.07, 6.45) is 2.63. The lowest BCUT2D eigenvalue weighted by Crippen LogP contribution is -2.39. The molecule has 1 aromatic rings. The molecule has 1 atom stereocenters. The van der Waals surface area contributed by atoms with Crippen molar-refractivity contribution in [3.8, 4) is 0 Å². The summed E-state index contributed by atoms with van der Waals surface area (Å²) in [6, 6.07) is 3.59. The van der Waals surface area contributed by atoms with E-state index in [4.69, 9.17) is 5.73 Å². The van der Waals surface area contributed by atoms with Crippen molar-refractivity contribution in [2.45, 2.75) is 25.5 Å². The maximum absolute atomic E-state index is 9.69. The van der Waals surface area contributed by atoms with Crippen molar-refractivity contribution in [1.82, 2.24) is 4.98 Å². The fourth-order valence-electron chi connectivity index (χ4n) is 0.967. The fraction of sp³-hybridized carbons (Fsp3) is 0.444. The first-order chi connectivity index (χ1) is 5.52. The summed E-state index contributed by atoms with van der Waals surface area (Å²) in [7, 11) is 0. The molecule has 0 aromatic carbocycles. The molecule has 1 rings (SSSR count). The number of hydrogen-bond donors (Lipinski definition) is 2. The Hall–Kier alpha value is -0.930. The number of hydrogen-bond acceptors (Lipinski definition) is 3. The summed E-state index contributed by atoms with van der Waals surface area (Å²) in [4.78, 5) is 3.90. The van der Waals surface area contributed by atoms with Crippen molar-refractivity contribution < 1.29 is 5.11 Å². The van der Waals surface area contributed by atoms with Gasteiger partial charge in [0.05, 0.1) is 6.10 Å². The van der Waals surface area contributed by atoms with Gasteiger partial charge in [-0.05, 0) is 19.9 Å². The smallest absolute Gasteiger partial charge is 0.0978 e. The molecule has 0 unspecified atom stereocenters. The van der Waals surface area contributed by atoms with Gasteiger partial charge < -0.3 is 10.8 Å². The van der Waals surface area contributed by atoms with Crippen molar-refractivity contribution in [3.05, 3.63) is 30.1 Å². The highest BCUT2D eigenvalue weighted by atomic mass is 16.3. The molecule has 12 heavy (non-hydrogen) atoms. The van der Waals surface area contributed by atoms with E-state index in [0.29, 0.717) is 0 Å². The van der Waals surface area contributed by atoms with Crippen LogP contribution in [0.25, 0.3) is 0 Å². The SMILES string of the molecule is CC(C)(N)[C@H](O)c1cccnc1. The Bertz CT molecular complexity index is 240. The Balaban J connectivity index is 2.86. The largest absolute Gasteiger partial charge is 0.386 e. The Morgan fingerprint density at radius 2 is 2.25 bits per heavy atom. The Kier molecular flexibility index (Phi) is 2.45. The van der Waals surface area contributed by atoms with Crippen LogP contribution >= 0.6 is 0 Å². The minimum absolute atomic E-state index is 0.622. The molecule has 3 N–H and O–H groups in total. The third-order valence-electron chi connectivity index (χ3n) is 1.70. The average Bonchev–Trinajstić information content (AvgIpc) is 2.03. The Morgan fingerprint density at radius 3 is 2.67 bits per heavy atom. The summed E-state index contributed by atoms with van der Waals surface area (Å²) in [5.41, 5.74) is 5.87. The van der Waals surface area contributed by atoms with E-state index < -0.39 is 11.6 Å². The third kappa shape index (κ3) is 2.03. The number of pyridine rings is 1. The first-order valence-corrected chi connectivity index (χ1v) is 3.88. The van der Waals surface area contributed by atoms with Gasteiger partial charge in [0.1, 0.15) is 0 Å². The quantitative estimate of drug-likeness (QED) is 0.684. The molecule has 1 heterocycles. The van der Waals surface area contributed by atoms with Crippen LogP contribution in [0.15, 0.2) is 24.5 Å². The minimum Gasteiger partial charge on any atom is -0.386 e. The second-order valence-electron chi connectivity index (χ2n) is 3.51. The van der Waals surface area contributed by atoms with Crippen LogP contribution in [0.5, 0.6) is 0 Å². The monoisotopic (exact) mass is 166 g/mol. The molecule has 1 aromatic heterocycles. The van der Waals surface area contributed by atoms with Crippen LogP contribution in [-0.4, -0.2) is 15.6 Å². The lowest BCUT2D eigenvalue weighted by atomic mass is 9.94. The second kappa shape index (κ2) is 3.21. The summed E-state index contributed by atoms with van der Waals surface area (Å²) in [6.45, 7) is 3.56. The summed E-state index contributed by atoms with van der Waals surface area (Å²) in [5, 5.41) is 9.69. The Morgan fingerprint density at radius 1 is 1.58 bits per heavy atom. The lowest BCUT2D eigenvalue weighted by Gasteiger charge is -2.25. The molecule has 0 aliphatic heterocycles. The van der Waals surface area contributed by atoms with Gasteiger partial charge in [0.15, 0.2) is 0 Å². The van der Waals surface area contributed by atoms with Crippen LogP contribution in [0.4, 0.5) is 0 Å². The van der Waals surface area contributed by atoms with Crippen LogP contribution in [0.2, 0.25) is 0 Å². The highest BCUT2D eigenvalue weighted by molar-refractivity contribution is 5.15. The molecule has 0 amide bonds. The molecule has 0 saturated carbocycles. The van der Waals surface area contributed by atoms with E-state index in [1.165, 1.54) is 0 Å². The topological polar surface area (TPSA) is 59.1 Å². The molecule has 66 valence electrons. The van der Waals surface area contributed by atoms with E-state index in [0.717, 1.165) is 5.56 Å². The van der Waals surface area contributed by atoms with Crippen molar-refractivity contribution in [1.29, 1.82) is 0 Å². The van der Waals surface area contributed by atoms with Gasteiger partial charge in [-0.1, -0.05) is 6.07 Å². The molecule has 0 saturated heterocycles. The van der Waals surface area contributed by atoms with E-state index in [2.05, 4.69) is 4.98 Å². The zero-order valence-electron chi connectivity index (χ0n) is 7.36. The number of aliphatic hydroxyl groups excluding tert-OH is 1. The molecule has 3 nitrogen and oxygen atoms in total. The summed E-state index contributed by atoms with van der Waals surface area (Å²) in [5.74, 6) is 0. The molecule has 3 heteroatoms. The maximum atomic E-state index is 9.69. The van der Waals surface area contributed by atoms with E-state index in [1.54, 1.807) is 32.3 Å². The third-order valence-corrected chi connectivity index (χ3v) is 1.70. The van der Waals surface area contributed by atoms with Gasteiger partial charge in [-0.2, -0.15) is 0 Å². The molecule has 0 radical (unpaired) electrons. The number of nitrogens with two attached hydrogens (primary N) is 1. The predicted molar refractivity (Wildman–Crippen MR) is 47.5 cm³/mol. The predicted octanol–water partition coefficient (Wildman–Crippen LogP) is 0.852. The number of rotatable bonds is 2. The van der Waals surface area contributed by atoms with Crippen molar-refractivity contribution in [2.24, 2.45) is 5.73 Å². The first-order valence-electron chi connectivity index (χ1n) is 3.88. The van der Waals surface area contributed by atoms with E-state index in [1.807, 2.05) is 6.07 Å². The second-order valence-corrected chi connectivity index (χ2v) is 3.51. The molecular formula is C9H14N2O. The maximum Gasteiger partial charge on any atom is 0.0978 e. The average molecular weight is 166 g/mol. The standard InChI is InChI=1S/C9H14N2O/c1-9(2,10)8(12)7-4-3-5-11-6-7/h3-6,8,12H,10H2,1-2H3/t8-/m1/s1. The highest BCUT2D eigenvalue weighted by Crippen LogP contribution is 2.21. The molecule has 0 spiro atoms. The van der Waals surface area contributed by atoms with Gasteiger partial charge in [-0.25, -0.2) is 0 Å². The number of nitrogens with zero attached hydrogens (tertiary/aromatic N) is 1. The van der Waals surface area contributed by atoms with Gasteiger partial charge >= 0.3 is 0 Å². The fourth-order valence-corrected chi connectivity index (χ4v) is 0.967. The van der Waals surface area contributed by atoms with Gasteiger partial charge in [-0.3, -0.25) is 4.98 Å². The van der Waals surface area contributed by atoms with Crippen LogP contribution in [0.1, 0.15) is 25.5 Å².